The lowest BCUT2D eigenvalue weighted by atomic mass is 10.1. The van der Waals surface area contributed by atoms with Crippen molar-refractivity contribution in [2.24, 2.45) is 0 Å². The molecule has 94 valence electrons. The molecule has 1 aromatic heterocycles. The van der Waals surface area contributed by atoms with E-state index in [-0.39, 0.29) is 0 Å². The van der Waals surface area contributed by atoms with Crippen LogP contribution in [0, 0.1) is 0 Å². The zero-order chi connectivity index (χ0) is 12.3. The van der Waals surface area contributed by atoms with Crippen LogP contribution in [0.1, 0.15) is 26.0 Å². The molecular weight excluding hydrogens is 214 g/mol. The number of morpholine rings is 1. The zero-order valence-electron chi connectivity index (χ0n) is 10.6. The molecule has 0 spiro atoms. The fourth-order valence-electron chi connectivity index (χ4n) is 2.22. The van der Waals surface area contributed by atoms with E-state index < -0.39 is 0 Å². The van der Waals surface area contributed by atoms with Crippen molar-refractivity contribution >= 4 is 5.69 Å². The normalized spacial score (nSPS) is 26.0. The van der Waals surface area contributed by atoms with Crippen LogP contribution in [0.15, 0.2) is 18.3 Å². The van der Waals surface area contributed by atoms with Gasteiger partial charge in [0.25, 0.3) is 0 Å². The summed E-state index contributed by atoms with van der Waals surface area (Å²) in [7, 11) is 0. The lowest BCUT2D eigenvalue weighted by Gasteiger charge is -2.38. The van der Waals surface area contributed by atoms with Gasteiger partial charge in [0.05, 0.1) is 30.3 Å². The molecule has 0 saturated carbocycles. The van der Waals surface area contributed by atoms with Gasteiger partial charge in [-0.15, -0.1) is 0 Å². The molecule has 2 unspecified atom stereocenters. The fourth-order valence-corrected chi connectivity index (χ4v) is 2.22. The van der Waals surface area contributed by atoms with E-state index in [2.05, 4.69) is 23.7 Å². The van der Waals surface area contributed by atoms with Crippen LogP contribution in [0.5, 0.6) is 0 Å². The third-order valence-electron chi connectivity index (χ3n) is 3.27. The van der Waals surface area contributed by atoms with Crippen molar-refractivity contribution in [1.82, 2.24) is 9.88 Å². The van der Waals surface area contributed by atoms with Gasteiger partial charge in [0, 0.05) is 19.1 Å². The summed E-state index contributed by atoms with van der Waals surface area (Å²) in [4.78, 5) is 6.81. The van der Waals surface area contributed by atoms with Crippen molar-refractivity contribution < 1.29 is 4.74 Å². The third kappa shape index (κ3) is 3.17. The highest BCUT2D eigenvalue weighted by atomic mass is 16.5. The number of ether oxygens (including phenoxy) is 1. The molecule has 1 aliphatic rings. The largest absolute Gasteiger partial charge is 0.397 e. The Hall–Kier alpha value is -1.13. The molecule has 2 N–H and O–H groups in total. The van der Waals surface area contributed by atoms with E-state index in [1.807, 2.05) is 12.1 Å². The maximum atomic E-state index is 5.69. The number of nitrogens with two attached hydrogens (primary N) is 1. The molecular formula is C13H21N3O. The van der Waals surface area contributed by atoms with Gasteiger partial charge in [-0.05, 0) is 25.5 Å². The van der Waals surface area contributed by atoms with Gasteiger partial charge in [-0.1, -0.05) is 6.92 Å². The molecule has 2 atom stereocenters. The maximum absolute atomic E-state index is 5.69. The first-order valence-corrected chi connectivity index (χ1v) is 6.25. The quantitative estimate of drug-likeness (QED) is 0.865. The highest BCUT2D eigenvalue weighted by molar-refractivity contribution is 5.34. The summed E-state index contributed by atoms with van der Waals surface area (Å²) >= 11 is 0. The Morgan fingerprint density at radius 3 is 3.00 bits per heavy atom. The summed E-state index contributed by atoms with van der Waals surface area (Å²) in [6.07, 6.45) is 3.15. The lowest BCUT2D eigenvalue weighted by molar-refractivity contribution is -0.0595. The molecule has 1 aliphatic heterocycles. The number of nitrogens with zero attached hydrogens (tertiary/aromatic N) is 2. The fraction of sp³-hybridized carbons (Fsp3) is 0.615. The monoisotopic (exact) mass is 235 g/mol. The average molecular weight is 235 g/mol. The molecule has 4 heteroatoms. The predicted octanol–water partition coefficient (Wildman–Crippen LogP) is 1.66. The number of pyridine rings is 1. The number of nitrogen functional groups attached to an aromatic ring is 1. The standard InChI is InChI=1S/C13H21N3O/c1-3-13-9-17-10(2)7-16(13)8-12-5-4-11(14)6-15-12/h4-6,10,13H,3,7-9,14H2,1-2H3. The van der Waals surface area contributed by atoms with Crippen LogP contribution in [-0.4, -0.2) is 35.2 Å². The van der Waals surface area contributed by atoms with Gasteiger partial charge in [0.1, 0.15) is 0 Å². The second kappa shape index (κ2) is 5.47. The zero-order valence-corrected chi connectivity index (χ0v) is 10.6. The van der Waals surface area contributed by atoms with Crippen molar-refractivity contribution in [1.29, 1.82) is 0 Å². The Kier molecular flexibility index (Phi) is 3.97. The number of anilines is 1. The Morgan fingerprint density at radius 2 is 2.35 bits per heavy atom. The topological polar surface area (TPSA) is 51.4 Å². The van der Waals surface area contributed by atoms with Crippen LogP contribution >= 0.6 is 0 Å². The van der Waals surface area contributed by atoms with Gasteiger partial charge in [-0.3, -0.25) is 9.88 Å². The van der Waals surface area contributed by atoms with Crippen LogP contribution < -0.4 is 5.73 Å². The van der Waals surface area contributed by atoms with E-state index in [4.69, 9.17) is 10.5 Å². The van der Waals surface area contributed by atoms with E-state index in [9.17, 15) is 0 Å². The molecule has 17 heavy (non-hydrogen) atoms. The SMILES string of the molecule is CCC1COC(C)CN1Cc1ccc(N)cn1. The molecule has 0 radical (unpaired) electrons. The van der Waals surface area contributed by atoms with Gasteiger partial charge >= 0.3 is 0 Å². The van der Waals surface area contributed by atoms with Crippen LogP contribution in [0.3, 0.4) is 0 Å². The van der Waals surface area contributed by atoms with Crippen molar-refractivity contribution in [2.45, 2.75) is 39.0 Å². The smallest absolute Gasteiger partial charge is 0.0674 e. The van der Waals surface area contributed by atoms with E-state index in [0.717, 1.165) is 37.5 Å². The van der Waals surface area contributed by atoms with E-state index >= 15 is 0 Å². The van der Waals surface area contributed by atoms with E-state index in [0.29, 0.717) is 12.1 Å². The van der Waals surface area contributed by atoms with Crippen LogP contribution in [0.4, 0.5) is 5.69 Å². The molecule has 1 aromatic rings. The first-order valence-electron chi connectivity index (χ1n) is 6.25. The summed E-state index contributed by atoms with van der Waals surface area (Å²) in [6, 6.07) is 4.42. The molecule has 2 rings (SSSR count). The highest BCUT2D eigenvalue weighted by Gasteiger charge is 2.25. The van der Waals surface area contributed by atoms with Gasteiger partial charge in [-0.25, -0.2) is 0 Å². The summed E-state index contributed by atoms with van der Waals surface area (Å²) in [5.41, 5.74) is 7.43. The Balaban J connectivity index is 2.02. The second-order valence-corrected chi connectivity index (χ2v) is 4.72. The number of aromatic nitrogens is 1. The minimum Gasteiger partial charge on any atom is -0.397 e. The minimum absolute atomic E-state index is 0.312. The second-order valence-electron chi connectivity index (χ2n) is 4.72. The lowest BCUT2D eigenvalue weighted by Crippen LogP contribution is -2.47. The molecule has 4 nitrogen and oxygen atoms in total. The average Bonchev–Trinajstić information content (AvgIpc) is 2.32. The van der Waals surface area contributed by atoms with Gasteiger partial charge in [0.2, 0.25) is 0 Å². The van der Waals surface area contributed by atoms with Crippen molar-refractivity contribution in [3.8, 4) is 0 Å². The Labute approximate surface area is 103 Å². The van der Waals surface area contributed by atoms with Crippen LogP contribution in [0.25, 0.3) is 0 Å². The number of rotatable bonds is 3. The van der Waals surface area contributed by atoms with Crippen LogP contribution in [0.2, 0.25) is 0 Å². The van der Waals surface area contributed by atoms with Gasteiger partial charge in [0.15, 0.2) is 0 Å². The van der Waals surface area contributed by atoms with Gasteiger partial charge < -0.3 is 10.5 Å². The summed E-state index contributed by atoms with van der Waals surface area (Å²) in [5.74, 6) is 0. The first-order chi connectivity index (χ1) is 8.19. The Morgan fingerprint density at radius 1 is 1.53 bits per heavy atom. The predicted molar refractivity (Wildman–Crippen MR) is 68.6 cm³/mol. The summed E-state index contributed by atoms with van der Waals surface area (Å²) in [6.45, 7) is 7.01. The summed E-state index contributed by atoms with van der Waals surface area (Å²) in [5, 5.41) is 0. The van der Waals surface area contributed by atoms with Crippen molar-refractivity contribution in [3.63, 3.8) is 0 Å². The Bertz CT molecular complexity index is 352. The maximum Gasteiger partial charge on any atom is 0.0674 e. The first kappa shape index (κ1) is 12.3. The van der Waals surface area contributed by atoms with E-state index in [1.54, 1.807) is 6.20 Å². The number of hydrogen-bond acceptors (Lipinski definition) is 4. The molecule has 0 aliphatic carbocycles. The van der Waals surface area contributed by atoms with Gasteiger partial charge in [-0.2, -0.15) is 0 Å². The third-order valence-corrected chi connectivity index (χ3v) is 3.27. The van der Waals surface area contributed by atoms with E-state index in [1.165, 1.54) is 0 Å². The molecule has 2 heterocycles. The number of hydrogen-bond donors (Lipinski definition) is 1. The summed E-state index contributed by atoms with van der Waals surface area (Å²) < 4.78 is 5.69. The highest BCUT2D eigenvalue weighted by Crippen LogP contribution is 2.17. The molecule has 0 amide bonds. The molecule has 1 saturated heterocycles. The molecule has 1 fully saturated rings. The molecule has 0 bridgehead atoms. The van der Waals surface area contributed by atoms with Crippen LogP contribution in [-0.2, 0) is 11.3 Å². The minimum atomic E-state index is 0.312. The van der Waals surface area contributed by atoms with Crippen molar-refractivity contribution in [3.05, 3.63) is 24.0 Å². The molecule has 0 aromatic carbocycles. The van der Waals surface area contributed by atoms with Crippen molar-refractivity contribution in [2.75, 3.05) is 18.9 Å².